The van der Waals surface area contributed by atoms with Gasteiger partial charge < -0.3 is 11.1 Å². The van der Waals surface area contributed by atoms with Gasteiger partial charge in [0.15, 0.2) is 0 Å². The Morgan fingerprint density at radius 3 is 3.00 bits per heavy atom. The van der Waals surface area contributed by atoms with E-state index in [-0.39, 0.29) is 5.82 Å². The molecule has 2 aromatic rings. The van der Waals surface area contributed by atoms with Crippen molar-refractivity contribution >= 4 is 34.0 Å². The van der Waals surface area contributed by atoms with Gasteiger partial charge in [-0.2, -0.15) is 5.10 Å². The zero-order chi connectivity index (χ0) is 13.0. The van der Waals surface area contributed by atoms with Gasteiger partial charge in [-0.3, -0.25) is 4.68 Å². The van der Waals surface area contributed by atoms with Crippen LogP contribution in [0.4, 0.5) is 15.8 Å². The molecule has 0 aliphatic carbocycles. The number of nitrogens with zero attached hydrogens (tertiary/aromatic N) is 2. The molecule has 0 aliphatic heterocycles. The van der Waals surface area contributed by atoms with Crippen LogP contribution in [-0.4, -0.2) is 16.3 Å². The third-order valence-corrected chi connectivity index (χ3v) is 3.36. The Bertz CT molecular complexity index is 513. The van der Waals surface area contributed by atoms with Gasteiger partial charge in [-0.25, -0.2) is 4.39 Å². The summed E-state index contributed by atoms with van der Waals surface area (Å²) in [6, 6.07) is 4.96. The molecule has 2 rings (SSSR count). The largest absolute Gasteiger partial charge is 0.397 e. The second-order valence-electron chi connectivity index (χ2n) is 3.90. The van der Waals surface area contributed by atoms with Crippen molar-refractivity contribution in [1.29, 1.82) is 0 Å². The summed E-state index contributed by atoms with van der Waals surface area (Å²) in [4.78, 5) is 0. The maximum Gasteiger partial charge on any atom is 0.138 e. The van der Waals surface area contributed by atoms with E-state index in [1.807, 2.05) is 39.5 Å². The van der Waals surface area contributed by atoms with Crippen LogP contribution >= 0.6 is 22.6 Å². The predicted molar refractivity (Wildman–Crippen MR) is 78.9 cm³/mol. The van der Waals surface area contributed by atoms with Crippen molar-refractivity contribution in [2.24, 2.45) is 0 Å². The number of rotatable bonds is 5. The average Bonchev–Trinajstić information content (AvgIpc) is 2.84. The van der Waals surface area contributed by atoms with Gasteiger partial charge in [0, 0.05) is 31.5 Å². The molecular weight excluding hydrogens is 346 g/mol. The first-order valence-corrected chi connectivity index (χ1v) is 6.70. The predicted octanol–water partition coefficient (Wildman–Crippen LogP) is 2.71. The normalized spacial score (nSPS) is 10.6. The molecule has 0 saturated heterocycles. The molecule has 6 heteroatoms. The molecule has 0 spiro atoms. The lowest BCUT2D eigenvalue weighted by Crippen LogP contribution is -2.09. The summed E-state index contributed by atoms with van der Waals surface area (Å²) in [6.07, 6.45) is 4.56. The molecule has 0 unspecified atom stereocenters. The topological polar surface area (TPSA) is 55.9 Å². The number of halogens is 2. The van der Waals surface area contributed by atoms with Crippen molar-refractivity contribution in [3.8, 4) is 0 Å². The number of hydrogen-bond donors (Lipinski definition) is 2. The Morgan fingerprint density at radius 2 is 2.28 bits per heavy atom. The Balaban J connectivity index is 1.85. The summed E-state index contributed by atoms with van der Waals surface area (Å²) < 4.78 is 15.8. The Morgan fingerprint density at radius 1 is 1.44 bits per heavy atom. The van der Waals surface area contributed by atoms with E-state index in [1.54, 1.807) is 12.3 Å². The van der Waals surface area contributed by atoms with Crippen molar-refractivity contribution in [3.63, 3.8) is 0 Å². The first-order chi connectivity index (χ1) is 8.66. The molecule has 0 radical (unpaired) electrons. The fourth-order valence-electron chi connectivity index (χ4n) is 1.61. The van der Waals surface area contributed by atoms with Crippen LogP contribution in [-0.2, 0) is 6.54 Å². The van der Waals surface area contributed by atoms with Crippen molar-refractivity contribution in [1.82, 2.24) is 9.78 Å². The molecule has 0 atom stereocenters. The molecule has 1 heterocycles. The standard InChI is InChI=1S/C12H14FIN4/c13-9-7-12(11(15)8-10(9)14)16-3-1-5-18-6-2-4-17-18/h2,4,6-8,16H,1,3,5,15H2. The van der Waals surface area contributed by atoms with E-state index in [2.05, 4.69) is 10.4 Å². The Hall–Kier alpha value is -1.31. The van der Waals surface area contributed by atoms with Crippen molar-refractivity contribution < 1.29 is 4.39 Å². The molecule has 1 aromatic heterocycles. The summed E-state index contributed by atoms with van der Waals surface area (Å²) in [5, 5.41) is 7.24. The smallest absolute Gasteiger partial charge is 0.138 e. The van der Waals surface area contributed by atoms with E-state index in [4.69, 9.17) is 5.73 Å². The lowest BCUT2D eigenvalue weighted by molar-refractivity contribution is 0.591. The van der Waals surface area contributed by atoms with Crippen LogP contribution in [0.3, 0.4) is 0 Å². The van der Waals surface area contributed by atoms with Gasteiger partial charge in [-0.05, 0) is 41.1 Å². The molecule has 0 bridgehead atoms. The summed E-state index contributed by atoms with van der Waals surface area (Å²) in [6.45, 7) is 1.55. The van der Waals surface area contributed by atoms with Crippen LogP contribution in [0.2, 0.25) is 0 Å². The number of nitrogens with two attached hydrogens (primary N) is 1. The minimum atomic E-state index is -0.251. The quantitative estimate of drug-likeness (QED) is 0.490. The minimum absolute atomic E-state index is 0.251. The van der Waals surface area contributed by atoms with E-state index in [0.717, 1.165) is 19.5 Å². The maximum absolute atomic E-state index is 13.4. The fourth-order valence-corrected chi connectivity index (χ4v) is 2.10. The maximum atomic E-state index is 13.4. The van der Waals surface area contributed by atoms with Gasteiger partial charge in [0.05, 0.1) is 14.9 Å². The lowest BCUT2D eigenvalue weighted by Gasteiger charge is -2.10. The number of benzene rings is 1. The molecule has 18 heavy (non-hydrogen) atoms. The molecule has 1 aromatic carbocycles. The second-order valence-corrected chi connectivity index (χ2v) is 5.07. The molecular formula is C12H14FIN4. The highest BCUT2D eigenvalue weighted by Gasteiger charge is 2.05. The average molecular weight is 360 g/mol. The summed E-state index contributed by atoms with van der Waals surface area (Å²) in [5.74, 6) is -0.251. The zero-order valence-corrected chi connectivity index (χ0v) is 11.9. The van der Waals surface area contributed by atoms with Gasteiger partial charge in [-0.1, -0.05) is 0 Å². The molecule has 0 amide bonds. The van der Waals surface area contributed by atoms with Crippen molar-refractivity contribution in [2.45, 2.75) is 13.0 Å². The fraction of sp³-hybridized carbons (Fsp3) is 0.250. The summed E-state index contributed by atoms with van der Waals surface area (Å²) in [7, 11) is 0. The molecule has 96 valence electrons. The third kappa shape index (κ3) is 3.34. The number of nitrogens with one attached hydrogen (secondary N) is 1. The highest BCUT2D eigenvalue weighted by atomic mass is 127. The van der Waals surface area contributed by atoms with E-state index in [0.29, 0.717) is 14.9 Å². The molecule has 3 N–H and O–H groups in total. The highest BCUT2D eigenvalue weighted by Crippen LogP contribution is 2.23. The molecule has 0 aliphatic rings. The van der Waals surface area contributed by atoms with E-state index < -0.39 is 0 Å². The van der Waals surface area contributed by atoms with Crippen LogP contribution in [0.15, 0.2) is 30.6 Å². The number of aryl methyl sites for hydroxylation is 1. The molecule has 0 saturated carbocycles. The number of aromatic nitrogens is 2. The van der Waals surface area contributed by atoms with E-state index in [1.165, 1.54) is 6.07 Å². The molecule has 0 fully saturated rings. The van der Waals surface area contributed by atoms with E-state index >= 15 is 0 Å². The van der Waals surface area contributed by atoms with E-state index in [9.17, 15) is 4.39 Å². The Labute approximate surface area is 119 Å². The van der Waals surface area contributed by atoms with Crippen LogP contribution in [0.5, 0.6) is 0 Å². The van der Waals surface area contributed by atoms with Crippen LogP contribution in [0.1, 0.15) is 6.42 Å². The summed E-state index contributed by atoms with van der Waals surface area (Å²) >= 11 is 1.92. The summed E-state index contributed by atoms with van der Waals surface area (Å²) in [5.41, 5.74) is 7.03. The van der Waals surface area contributed by atoms with Crippen molar-refractivity contribution in [3.05, 3.63) is 40.0 Å². The first kappa shape index (κ1) is 13.1. The number of nitrogen functional groups attached to an aromatic ring is 1. The molecule has 4 nitrogen and oxygen atoms in total. The van der Waals surface area contributed by atoms with Crippen molar-refractivity contribution in [2.75, 3.05) is 17.6 Å². The van der Waals surface area contributed by atoms with Crippen LogP contribution in [0.25, 0.3) is 0 Å². The second kappa shape index (κ2) is 6.03. The SMILES string of the molecule is Nc1cc(I)c(F)cc1NCCCn1cccn1. The highest BCUT2D eigenvalue weighted by molar-refractivity contribution is 14.1. The number of hydrogen-bond acceptors (Lipinski definition) is 3. The monoisotopic (exact) mass is 360 g/mol. The lowest BCUT2D eigenvalue weighted by atomic mass is 10.2. The third-order valence-electron chi connectivity index (χ3n) is 2.53. The first-order valence-electron chi connectivity index (χ1n) is 5.62. The van der Waals surface area contributed by atoms with Gasteiger partial charge in [0.1, 0.15) is 5.82 Å². The van der Waals surface area contributed by atoms with Gasteiger partial charge in [0.25, 0.3) is 0 Å². The van der Waals surface area contributed by atoms with Crippen LogP contribution < -0.4 is 11.1 Å². The minimum Gasteiger partial charge on any atom is -0.397 e. The zero-order valence-electron chi connectivity index (χ0n) is 9.74. The number of anilines is 2. The van der Waals surface area contributed by atoms with Gasteiger partial charge >= 0.3 is 0 Å². The van der Waals surface area contributed by atoms with Gasteiger partial charge in [0.2, 0.25) is 0 Å². The van der Waals surface area contributed by atoms with Gasteiger partial charge in [-0.15, -0.1) is 0 Å². The Kier molecular flexibility index (Phi) is 4.40. The van der Waals surface area contributed by atoms with Crippen LogP contribution in [0, 0.1) is 9.39 Å².